The highest BCUT2D eigenvalue weighted by Crippen LogP contribution is 2.33. The van der Waals surface area contributed by atoms with Gasteiger partial charge in [0.05, 0.1) is 12.2 Å². The number of para-hydroxylation sites is 2. The van der Waals surface area contributed by atoms with E-state index in [0.717, 1.165) is 30.8 Å². The summed E-state index contributed by atoms with van der Waals surface area (Å²) in [4.78, 5) is 14.6. The molecule has 0 spiro atoms. The van der Waals surface area contributed by atoms with Gasteiger partial charge in [0.25, 0.3) is 0 Å². The molecule has 0 radical (unpaired) electrons. The van der Waals surface area contributed by atoms with Crippen molar-refractivity contribution >= 4 is 11.6 Å². The van der Waals surface area contributed by atoms with Crippen molar-refractivity contribution in [3.05, 3.63) is 24.3 Å². The van der Waals surface area contributed by atoms with E-state index in [1.54, 1.807) is 0 Å². The molecule has 0 bridgehead atoms. The van der Waals surface area contributed by atoms with E-state index in [1.807, 2.05) is 29.2 Å². The molecule has 0 saturated carbocycles. The number of nitrogens with zero attached hydrogens (tertiary/aromatic N) is 1. The van der Waals surface area contributed by atoms with Crippen molar-refractivity contribution in [2.75, 3.05) is 24.6 Å². The highest BCUT2D eigenvalue weighted by atomic mass is 16.5. The van der Waals surface area contributed by atoms with Crippen molar-refractivity contribution in [3.63, 3.8) is 0 Å². The summed E-state index contributed by atoms with van der Waals surface area (Å²) in [5.74, 6) is 1.22. The molecule has 3 rings (SSSR count). The smallest absolute Gasteiger partial charge is 0.230 e. The van der Waals surface area contributed by atoms with Crippen molar-refractivity contribution in [1.82, 2.24) is 5.32 Å². The number of hydrogen-bond acceptors (Lipinski definition) is 3. The number of anilines is 1. The van der Waals surface area contributed by atoms with Crippen LogP contribution < -0.4 is 15.0 Å². The summed E-state index contributed by atoms with van der Waals surface area (Å²) in [5, 5.41) is 3.39. The number of nitrogens with one attached hydrogen (secondary N) is 1. The SMILES string of the molecule is C[C@H]1C[C@@H](C(=O)N2CCOc3ccccc32)CCN1. The predicted molar refractivity (Wildman–Crippen MR) is 74.5 cm³/mol. The average molecular weight is 260 g/mol. The van der Waals surface area contributed by atoms with E-state index in [0.29, 0.717) is 19.2 Å². The molecular formula is C15H20N2O2. The maximum Gasteiger partial charge on any atom is 0.230 e. The third-order valence-electron chi connectivity index (χ3n) is 3.97. The first-order valence-corrected chi connectivity index (χ1v) is 7.02. The van der Waals surface area contributed by atoms with Gasteiger partial charge in [-0.3, -0.25) is 4.79 Å². The van der Waals surface area contributed by atoms with Gasteiger partial charge in [0.2, 0.25) is 5.91 Å². The average Bonchev–Trinajstić information content (AvgIpc) is 2.46. The number of benzene rings is 1. The maximum atomic E-state index is 12.7. The molecule has 1 saturated heterocycles. The Labute approximate surface area is 113 Å². The minimum Gasteiger partial charge on any atom is -0.490 e. The van der Waals surface area contributed by atoms with Crippen LogP contribution >= 0.6 is 0 Å². The molecule has 1 fully saturated rings. The molecule has 1 N–H and O–H groups in total. The highest BCUT2D eigenvalue weighted by molar-refractivity contribution is 5.96. The molecule has 1 aromatic rings. The topological polar surface area (TPSA) is 41.6 Å². The van der Waals surface area contributed by atoms with Crippen LogP contribution in [0.15, 0.2) is 24.3 Å². The second-order valence-corrected chi connectivity index (χ2v) is 5.38. The summed E-state index contributed by atoms with van der Waals surface area (Å²) in [6, 6.07) is 8.23. The molecule has 102 valence electrons. The lowest BCUT2D eigenvalue weighted by Crippen LogP contribution is -2.46. The van der Waals surface area contributed by atoms with Gasteiger partial charge in [-0.15, -0.1) is 0 Å². The second-order valence-electron chi connectivity index (χ2n) is 5.38. The number of carbonyl (C=O) groups is 1. The third-order valence-corrected chi connectivity index (χ3v) is 3.97. The van der Waals surface area contributed by atoms with E-state index in [9.17, 15) is 4.79 Å². The monoisotopic (exact) mass is 260 g/mol. The van der Waals surface area contributed by atoms with E-state index in [-0.39, 0.29) is 11.8 Å². The van der Waals surface area contributed by atoms with Gasteiger partial charge in [-0.25, -0.2) is 0 Å². The van der Waals surface area contributed by atoms with Gasteiger partial charge in [-0.05, 0) is 38.4 Å². The Kier molecular flexibility index (Phi) is 3.42. The van der Waals surface area contributed by atoms with Gasteiger partial charge in [0, 0.05) is 12.0 Å². The van der Waals surface area contributed by atoms with Crippen LogP contribution in [0, 0.1) is 5.92 Å². The van der Waals surface area contributed by atoms with Crippen molar-refractivity contribution in [2.24, 2.45) is 5.92 Å². The zero-order valence-corrected chi connectivity index (χ0v) is 11.3. The normalized spacial score (nSPS) is 26.5. The fraction of sp³-hybridized carbons (Fsp3) is 0.533. The quantitative estimate of drug-likeness (QED) is 0.837. The van der Waals surface area contributed by atoms with Crippen LogP contribution in [0.2, 0.25) is 0 Å². The Balaban J connectivity index is 1.81. The zero-order valence-electron chi connectivity index (χ0n) is 11.3. The van der Waals surface area contributed by atoms with E-state index in [2.05, 4.69) is 12.2 Å². The van der Waals surface area contributed by atoms with Gasteiger partial charge < -0.3 is 15.0 Å². The molecule has 19 heavy (non-hydrogen) atoms. The summed E-state index contributed by atoms with van der Waals surface area (Å²) in [6.07, 6.45) is 1.86. The zero-order chi connectivity index (χ0) is 13.2. The standard InChI is InChI=1S/C15H20N2O2/c1-11-10-12(6-7-16-11)15(18)17-8-9-19-14-5-3-2-4-13(14)17/h2-5,11-12,16H,6-10H2,1H3/t11-,12-/m0/s1. The van der Waals surface area contributed by atoms with Gasteiger partial charge in [0.15, 0.2) is 0 Å². The number of carbonyl (C=O) groups excluding carboxylic acids is 1. The molecular weight excluding hydrogens is 240 g/mol. The van der Waals surface area contributed by atoms with Crippen molar-refractivity contribution in [3.8, 4) is 5.75 Å². The van der Waals surface area contributed by atoms with E-state index in [1.165, 1.54) is 0 Å². The lowest BCUT2D eigenvalue weighted by atomic mass is 9.91. The first-order chi connectivity index (χ1) is 9.25. The Morgan fingerprint density at radius 3 is 3.11 bits per heavy atom. The number of fused-ring (bicyclic) bond motifs is 1. The third kappa shape index (κ3) is 2.45. The maximum absolute atomic E-state index is 12.7. The molecule has 2 atom stereocenters. The van der Waals surface area contributed by atoms with Crippen molar-refractivity contribution in [2.45, 2.75) is 25.8 Å². The minimum atomic E-state index is 0.141. The lowest BCUT2D eigenvalue weighted by Gasteiger charge is -2.35. The number of rotatable bonds is 1. The van der Waals surface area contributed by atoms with E-state index < -0.39 is 0 Å². The van der Waals surface area contributed by atoms with Crippen LogP contribution in [0.3, 0.4) is 0 Å². The first kappa shape index (κ1) is 12.5. The fourth-order valence-electron chi connectivity index (χ4n) is 2.98. The van der Waals surface area contributed by atoms with E-state index in [4.69, 9.17) is 4.74 Å². The minimum absolute atomic E-state index is 0.141. The molecule has 0 aromatic heterocycles. The number of hydrogen-bond donors (Lipinski definition) is 1. The largest absolute Gasteiger partial charge is 0.490 e. The molecule has 2 heterocycles. The van der Waals surface area contributed by atoms with Crippen LogP contribution in [0.25, 0.3) is 0 Å². The Hall–Kier alpha value is -1.55. The molecule has 1 aromatic carbocycles. The highest BCUT2D eigenvalue weighted by Gasteiger charge is 2.31. The summed E-state index contributed by atoms with van der Waals surface area (Å²) in [7, 11) is 0. The Morgan fingerprint density at radius 2 is 2.26 bits per heavy atom. The van der Waals surface area contributed by atoms with Crippen LogP contribution in [-0.2, 0) is 4.79 Å². The number of ether oxygens (including phenoxy) is 1. The number of amides is 1. The summed E-state index contributed by atoms with van der Waals surface area (Å²) in [5.41, 5.74) is 0.921. The van der Waals surface area contributed by atoms with Crippen molar-refractivity contribution < 1.29 is 9.53 Å². The fourth-order valence-corrected chi connectivity index (χ4v) is 2.98. The van der Waals surface area contributed by atoms with Crippen LogP contribution in [0.4, 0.5) is 5.69 Å². The molecule has 1 amide bonds. The Bertz CT molecular complexity index is 475. The lowest BCUT2D eigenvalue weighted by molar-refractivity contribution is -0.123. The van der Waals surface area contributed by atoms with Gasteiger partial charge in [0.1, 0.15) is 12.4 Å². The molecule has 2 aliphatic rings. The van der Waals surface area contributed by atoms with Crippen LogP contribution in [0.1, 0.15) is 19.8 Å². The molecule has 4 nitrogen and oxygen atoms in total. The number of piperidine rings is 1. The van der Waals surface area contributed by atoms with Crippen LogP contribution in [-0.4, -0.2) is 31.6 Å². The van der Waals surface area contributed by atoms with Gasteiger partial charge >= 0.3 is 0 Å². The van der Waals surface area contributed by atoms with Crippen molar-refractivity contribution in [1.29, 1.82) is 0 Å². The van der Waals surface area contributed by atoms with Gasteiger partial charge in [-0.2, -0.15) is 0 Å². The summed E-state index contributed by atoms with van der Waals surface area (Å²) in [6.45, 7) is 4.33. The molecule has 0 aliphatic carbocycles. The summed E-state index contributed by atoms with van der Waals surface area (Å²) < 4.78 is 5.61. The molecule has 4 heteroatoms. The molecule has 0 unspecified atom stereocenters. The van der Waals surface area contributed by atoms with Crippen LogP contribution in [0.5, 0.6) is 5.75 Å². The van der Waals surface area contributed by atoms with Gasteiger partial charge in [-0.1, -0.05) is 12.1 Å². The predicted octanol–water partition coefficient (Wildman–Crippen LogP) is 1.80. The first-order valence-electron chi connectivity index (χ1n) is 7.02. The molecule has 2 aliphatic heterocycles. The second kappa shape index (κ2) is 5.21. The Morgan fingerprint density at radius 1 is 1.42 bits per heavy atom. The summed E-state index contributed by atoms with van der Waals surface area (Å²) >= 11 is 0. The van der Waals surface area contributed by atoms with E-state index >= 15 is 0 Å².